The van der Waals surface area contributed by atoms with Crippen LogP contribution in [0.3, 0.4) is 0 Å². The van der Waals surface area contributed by atoms with Crippen LogP contribution in [0.15, 0.2) is 0 Å². The fraction of sp³-hybridized carbons (Fsp3) is 0.833. The van der Waals surface area contributed by atoms with E-state index >= 15 is 0 Å². The number of piperidine rings is 1. The van der Waals surface area contributed by atoms with Gasteiger partial charge in [-0.25, -0.2) is 4.79 Å². The zero-order valence-electron chi connectivity index (χ0n) is 10.6. The van der Waals surface area contributed by atoms with E-state index in [9.17, 15) is 9.59 Å². The van der Waals surface area contributed by atoms with E-state index in [1.807, 2.05) is 0 Å². The molecule has 2 N–H and O–H groups in total. The molecule has 1 amide bonds. The molecule has 102 valence electrons. The molecule has 2 fully saturated rings. The molecule has 0 bridgehead atoms. The summed E-state index contributed by atoms with van der Waals surface area (Å²) < 4.78 is 4.60. The third-order valence-corrected chi connectivity index (χ3v) is 3.60. The number of aliphatic carboxylic acids is 1. The molecule has 0 aromatic heterocycles. The maximum Gasteiger partial charge on any atom is 0.407 e. The van der Waals surface area contributed by atoms with Gasteiger partial charge >= 0.3 is 12.1 Å². The smallest absolute Gasteiger partial charge is 0.407 e. The van der Waals surface area contributed by atoms with Gasteiger partial charge in [-0.2, -0.15) is 0 Å². The molecule has 2 aliphatic rings. The van der Waals surface area contributed by atoms with E-state index in [-0.39, 0.29) is 18.4 Å². The second-order valence-electron chi connectivity index (χ2n) is 5.22. The summed E-state index contributed by atoms with van der Waals surface area (Å²) >= 11 is 0. The highest BCUT2D eigenvalue weighted by molar-refractivity contribution is 5.68. The van der Waals surface area contributed by atoms with Crippen molar-refractivity contribution >= 4 is 12.1 Å². The highest BCUT2D eigenvalue weighted by Gasteiger charge is 2.37. The summed E-state index contributed by atoms with van der Waals surface area (Å²) in [6.45, 7) is 1.63. The fourth-order valence-electron chi connectivity index (χ4n) is 2.70. The number of nitrogens with zero attached hydrogens (tertiary/aromatic N) is 1. The topological polar surface area (TPSA) is 78.9 Å². The molecule has 0 aromatic rings. The fourth-order valence-corrected chi connectivity index (χ4v) is 2.70. The van der Waals surface area contributed by atoms with E-state index in [1.165, 1.54) is 20.0 Å². The Morgan fingerprint density at radius 2 is 2.11 bits per heavy atom. The van der Waals surface area contributed by atoms with Crippen LogP contribution in [0.4, 0.5) is 4.79 Å². The number of hydrogen-bond acceptors (Lipinski definition) is 4. The Bertz CT molecular complexity index is 330. The van der Waals surface area contributed by atoms with Gasteiger partial charge in [0.25, 0.3) is 0 Å². The molecule has 6 nitrogen and oxygen atoms in total. The number of hydrogen-bond donors (Lipinski definition) is 2. The molecule has 1 saturated heterocycles. The highest BCUT2D eigenvalue weighted by Crippen LogP contribution is 2.32. The molecule has 2 unspecified atom stereocenters. The van der Waals surface area contributed by atoms with Gasteiger partial charge in [0.05, 0.1) is 7.11 Å². The van der Waals surface area contributed by atoms with Crippen molar-refractivity contribution in [2.24, 2.45) is 5.92 Å². The zero-order chi connectivity index (χ0) is 13.1. The van der Waals surface area contributed by atoms with Crippen LogP contribution >= 0.6 is 0 Å². The van der Waals surface area contributed by atoms with Crippen molar-refractivity contribution in [3.63, 3.8) is 0 Å². The van der Waals surface area contributed by atoms with Crippen LogP contribution in [0.1, 0.15) is 25.7 Å². The lowest BCUT2D eigenvalue weighted by Gasteiger charge is -2.37. The maximum atomic E-state index is 11.2. The van der Waals surface area contributed by atoms with E-state index in [1.54, 1.807) is 0 Å². The van der Waals surface area contributed by atoms with Gasteiger partial charge in [-0.15, -0.1) is 0 Å². The Kier molecular flexibility index (Phi) is 4.06. The average molecular weight is 256 g/mol. The number of nitrogens with one attached hydrogen (secondary N) is 1. The number of carbonyl (C=O) groups excluding carboxylic acids is 1. The number of carboxylic acids is 1. The molecular formula is C12H20N2O4. The van der Waals surface area contributed by atoms with Gasteiger partial charge in [-0.05, 0) is 25.2 Å². The first-order chi connectivity index (χ1) is 8.58. The number of rotatable bonds is 4. The van der Waals surface area contributed by atoms with Crippen LogP contribution < -0.4 is 5.32 Å². The van der Waals surface area contributed by atoms with Crippen molar-refractivity contribution < 1.29 is 19.4 Å². The number of likely N-dealkylation sites (tertiary alicyclic amines) is 1. The van der Waals surface area contributed by atoms with E-state index in [0.29, 0.717) is 12.5 Å². The van der Waals surface area contributed by atoms with Gasteiger partial charge in [0, 0.05) is 31.6 Å². The van der Waals surface area contributed by atoms with Crippen LogP contribution in [-0.4, -0.2) is 54.4 Å². The van der Waals surface area contributed by atoms with Crippen LogP contribution in [0.5, 0.6) is 0 Å². The predicted octanol–water partition coefficient (Wildman–Crippen LogP) is 0.670. The van der Waals surface area contributed by atoms with Gasteiger partial charge in [0.1, 0.15) is 0 Å². The van der Waals surface area contributed by atoms with Crippen LogP contribution in [0.25, 0.3) is 0 Å². The van der Waals surface area contributed by atoms with E-state index < -0.39 is 12.1 Å². The predicted molar refractivity (Wildman–Crippen MR) is 64.3 cm³/mol. The van der Waals surface area contributed by atoms with Gasteiger partial charge in [-0.1, -0.05) is 0 Å². The van der Waals surface area contributed by atoms with Crippen molar-refractivity contribution in [3.8, 4) is 0 Å². The highest BCUT2D eigenvalue weighted by atomic mass is 16.5. The second kappa shape index (κ2) is 5.56. The standard InChI is InChI=1S/C12H20N2O4/c1-18-12(17)13-9-4-8(5-11(15)16)6-14(7-9)10-2-3-10/h8-10H,2-7H2,1H3,(H,13,17)(H,15,16). The number of ether oxygens (including phenoxy) is 1. The molecule has 1 aliphatic heterocycles. The molecule has 1 heterocycles. The third kappa shape index (κ3) is 3.60. The summed E-state index contributed by atoms with van der Waals surface area (Å²) in [4.78, 5) is 24.4. The van der Waals surface area contributed by atoms with Gasteiger partial charge < -0.3 is 15.2 Å². The molecule has 18 heavy (non-hydrogen) atoms. The lowest BCUT2D eigenvalue weighted by atomic mass is 9.91. The van der Waals surface area contributed by atoms with Crippen LogP contribution in [0, 0.1) is 5.92 Å². The molecule has 0 spiro atoms. The molecule has 6 heteroatoms. The summed E-state index contributed by atoms with van der Waals surface area (Å²) in [5, 5.41) is 11.7. The van der Waals surface area contributed by atoms with Crippen molar-refractivity contribution in [1.29, 1.82) is 0 Å². The molecule has 2 rings (SSSR count). The Balaban J connectivity index is 1.92. The van der Waals surface area contributed by atoms with E-state index in [0.717, 1.165) is 13.1 Å². The molecule has 2 atom stereocenters. The van der Waals surface area contributed by atoms with Gasteiger partial charge in [0.2, 0.25) is 0 Å². The quantitative estimate of drug-likeness (QED) is 0.773. The average Bonchev–Trinajstić information content (AvgIpc) is 3.11. The number of carbonyl (C=O) groups is 2. The molecule has 1 aliphatic carbocycles. The largest absolute Gasteiger partial charge is 0.481 e. The van der Waals surface area contributed by atoms with Crippen LogP contribution in [0.2, 0.25) is 0 Å². The molecular weight excluding hydrogens is 236 g/mol. The summed E-state index contributed by atoms with van der Waals surface area (Å²) in [7, 11) is 1.34. The summed E-state index contributed by atoms with van der Waals surface area (Å²) in [6.07, 6.45) is 2.81. The van der Waals surface area contributed by atoms with Crippen molar-refractivity contribution in [2.45, 2.75) is 37.8 Å². The number of carboxylic acid groups (broad SMARTS) is 1. The number of methoxy groups -OCH3 is 1. The van der Waals surface area contributed by atoms with Gasteiger partial charge in [0.15, 0.2) is 0 Å². The second-order valence-corrected chi connectivity index (χ2v) is 5.22. The summed E-state index contributed by atoms with van der Waals surface area (Å²) in [5.41, 5.74) is 0. The lowest BCUT2D eigenvalue weighted by molar-refractivity contribution is -0.138. The Hall–Kier alpha value is -1.30. The minimum atomic E-state index is -0.769. The monoisotopic (exact) mass is 256 g/mol. The summed E-state index contributed by atoms with van der Waals surface area (Å²) in [6, 6.07) is 0.583. The Labute approximate surface area is 106 Å². The minimum absolute atomic E-state index is 0.00356. The first kappa shape index (κ1) is 13.1. The van der Waals surface area contributed by atoms with Crippen molar-refractivity contribution in [1.82, 2.24) is 10.2 Å². The van der Waals surface area contributed by atoms with Crippen molar-refractivity contribution in [2.75, 3.05) is 20.2 Å². The maximum absolute atomic E-state index is 11.2. The summed E-state index contributed by atoms with van der Waals surface area (Å²) in [5.74, 6) is -0.659. The Morgan fingerprint density at radius 3 is 2.67 bits per heavy atom. The molecule has 1 saturated carbocycles. The van der Waals surface area contributed by atoms with E-state index in [2.05, 4.69) is 15.0 Å². The minimum Gasteiger partial charge on any atom is -0.481 e. The SMILES string of the molecule is COC(=O)NC1CC(CC(=O)O)CN(C2CC2)C1. The first-order valence-electron chi connectivity index (χ1n) is 6.38. The van der Waals surface area contributed by atoms with Crippen LogP contribution in [-0.2, 0) is 9.53 Å². The molecule has 0 aromatic carbocycles. The number of alkyl carbamates (subject to hydrolysis) is 1. The van der Waals surface area contributed by atoms with E-state index in [4.69, 9.17) is 5.11 Å². The zero-order valence-corrected chi connectivity index (χ0v) is 10.6. The van der Waals surface area contributed by atoms with Crippen molar-refractivity contribution in [3.05, 3.63) is 0 Å². The molecule has 0 radical (unpaired) electrons. The van der Waals surface area contributed by atoms with Gasteiger partial charge in [-0.3, -0.25) is 9.69 Å². The number of amides is 1. The normalized spacial score (nSPS) is 28.7. The lowest BCUT2D eigenvalue weighted by Crippen LogP contribution is -2.51. The third-order valence-electron chi connectivity index (χ3n) is 3.60. The first-order valence-corrected chi connectivity index (χ1v) is 6.38. The Morgan fingerprint density at radius 1 is 1.39 bits per heavy atom.